The molecule has 66 valence electrons. The molecule has 0 saturated heterocycles. The zero-order valence-electron chi connectivity index (χ0n) is 7.14. The van der Waals surface area contributed by atoms with Gasteiger partial charge < -0.3 is 5.11 Å². The monoisotopic (exact) mass is 170 g/mol. The van der Waals surface area contributed by atoms with Crippen LogP contribution < -0.4 is 0 Å². The number of aromatic nitrogens is 4. The summed E-state index contributed by atoms with van der Waals surface area (Å²) in [6.45, 7) is 5.58. The van der Waals surface area contributed by atoms with E-state index in [1.165, 1.54) is 4.80 Å². The average Bonchev–Trinajstić information content (AvgIpc) is 2.30. The van der Waals surface area contributed by atoms with Gasteiger partial charge >= 0.3 is 5.97 Å². The topological polar surface area (TPSA) is 80.9 Å². The standard InChI is InChI=1S/C6H10N4O2/c1-6(2,3)10-8-4(5(11)12)7-9-10/h1-3H3,(H,11,12). The smallest absolute Gasteiger partial charge is 0.377 e. The Morgan fingerprint density at radius 3 is 2.33 bits per heavy atom. The van der Waals surface area contributed by atoms with Gasteiger partial charge in [0.05, 0.1) is 5.54 Å². The molecule has 6 heteroatoms. The summed E-state index contributed by atoms with van der Waals surface area (Å²) in [6, 6.07) is 0. The number of nitrogens with zero attached hydrogens (tertiary/aromatic N) is 4. The van der Waals surface area contributed by atoms with Crippen LogP contribution in [0, 0.1) is 0 Å². The van der Waals surface area contributed by atoms with Crippen molar-refractivity contribution in [2.24, 2.45) is 0 Å². The predicted octanol–water partition coefficient (Wildman–Crippen LogP) is 0.126. The molecule has 6 nitrogen and oxygen atoms in total. The second kappa shape index (κ2) is 2.54. The van der Waals surface area contributed by atoms with Gasteiger partial charge in [0.15, 0.2) is 0 Å². The maximum absolute atomic E-state index is 10.4. The highest BCUT2D eigenvalue weighted by molar-refractivity contribution is 5.82. The van der Waals surface area contributed by atoms with Crippen molar-refractivity contribution in [2.45, 2.75) is 26.3 Å². The lowest BCUT2D eigenvalue weighted by atomic mass is 10.1. The lowest BCUT2D eigenvalue weighted by Gasteiger charge is -2.14. The fourth-order valence-corrected chi connectivity index (χ4v) is 0.584. The lowest BCUT2D eigenvalue weighted by Crippen LogP contribution is -2.24. The van der Waals surface area contributed by atoms with Gasteiger partial charge in [-0.2, -0.15) is 4.80 Å². The molecule has 0 aliphatic heterocycles. The minimum absolute atomic E-state index is 0.273. The number of aromatic carboxylic acids is 1. The molecule has 0 bridgehead atoms. The molecule has 1 aromatic heterocycles. The van der Waals surface area contributed by atoms with E-state index in [1.54, 1.807) is 0 Å². The Morgan fingerprint density at radius 1 is 1.50 bits per heavy atom. The second-order valence-corrected chi connectivity index (χ2v) is 3.38. The number of tetrazole rings is 1. The van der Waals surface area contributed by atoms with Crippen LogP contribution in [-0.4, -0.2) is 31.3 Å². The van der Waals surface area contributed by atoms with Gasteiger partial charge in [0.2, 0.25) is 0 Å². The molecule has 0 saturated carbocycles. The highest BCUT2D eigenvalue weighted by atomic mass is 16.4. The van der Waals surface area contributed by atoms with Crippen LogP contribution in [0.1, 0.15) is 31.4 Å². The second-order valence-electron chi connectivity index (χ2n) is 3.38. The molecular weight excluding hydrogens is 160 g/mol. The van der Waals surface area contributed by atoms with Crippen LogP contribution in [0.5, 0.6) is 0 Å². The number of hydrogen-bond acceptors (Lipinski definition) is 4. The maximum Gasteiger partial charge on any atom is 0.377 e. The van der Waals surface area contributed by atoms with E-state index in [0.29, 0.717) is 0 Å². The van der Waals surface area contributed by atoms with Gasteiger partial charge in [0.1, 0.15) is 0 Å². The van der Waals surface area contributed by atoms with Gasteiger partial charge in [-0.15, -0.1) is 10.2 Å². The number of carboxylic acid groups (broad SMARTS) is 1. The number of carboxylic acids is 1. The Balaban J connectivity index is 3.00. The van der Waals surface area contributed by atoms with E-state index in [0.717, 1.165) is 0 Å². The molecule has 0 aromatic carbocycles. The van der Waals surface area contributed by atoms with Crippen molar-refractivity contribution in [3.05, 3.63) is 5.82 Å². The van der Waals surface area contributed by atoms with Crippen LogP contribution in [0.2, 0.25) is 0 Å². The molecule has 0 unspecified atom stereocenters. The molecule has 1 heterocycles. The Hall–Kier alpha value is -1.46. The largest absolute Gasteiger partial charge is 0.475 e. The van der Waals surface area contributed by atoms with Crippen molar-refractivity contribution in [1.29, 1.82) is 0 Å². The fraction of sp³-hybridized carbons (Fsp3) is 0.667. The van der Waals surface area contributed by atoms with Gasteiger partial charge in [-0.1, -0.05) is 0 Å². The molecule has 0 fully saturated rings. The Morgan fingerprint density at radius 2 is 2.08 bits per heavy atom. The third kappa shape index (κ3) is 1.58. The Labute approximate surface area is 69.2 Å². The summed E-state index contributed by atoms with van der Waals surface area (Å²) < 4.78 is 0. The minimum Gasteiger partial charge on any atom is -0.475 e. The van der Waals surface area contributed by atoms with E-state index in [2.05, 4.69) is 15.4 Å². The van der Waals surface area contributed by atoms with Crippen LogP contribution in [0.4, 0.5) is 0 Å². The molecule has 0 radical (unpaired) electrons. The summed E-state index contributed by atoms with van der Waals surface area (Å²) in [4.78, 5) is 11.6. The van der Waals surface area contributed by atoms with Crippen LogP contribution in [0.25, 0.3) is 0 Å². The number of hydrogen-bond donors (Lipinski definition) is 1. The minimum atomic E-state index is -1.16. The van der Waals surface area contributed by atoms with Crippen molar-refractivity contribution in [1.82, 2.24) is 20.2 Å². The molecule has 0 spiro atoms. The number of carbonyl (C=O) groups is 1. The molecule has 1 N–H and O–H groups in total. The summed E-state index contributed by atoms with van der Waals surface area (Å²) in [6.07, 6.45) is 0. The van der Waals surface area contributed by atoms with Crippen molar-refractivity contribution < 1.29 is 9.90 Å². The summed E-state index contributed by atoms with van der Waals surface area (Å²) in [7, 11) is 0. The molecule has 0 aliphatic carbocycles. The van der Waals surface area contributed by atoms with Gasteiger partial charge in [-0.05, 0) is 26.0 Å². The van der Waals surface area contributed by atoms with E-state index in [1.807, 2.05) is 20.8 Å². The average molecular weight is 170 g/mol. The first-order chi connectivity index (χ1) is 5.41. The highest BCUT2D eigenvalue weighted by Gasteiger charge is 2.19. The predicted molar refractivity (Wildman–Crippen MR) is 39.8 cm³/mol. The van der Waals surface area contributed by atoms with Crippen molar-refractivity contribution >= 4 is 5.97 Å². The van der Waals surface area contributed by atoms with Gasteiger partial charge in [-0.3, -0.25) is 0 Å². The summed E-state index contributed by atoms with van der Waals surface area (Å²) >= 11 is 0. The SMILES string of the molecule is CC(C)(C)n1nnc(C(=O)O)n1. The summed E-state index contributed by atoms with van der Waals surface area (Å²) in [5.74, 6) is -1.43. The van der Waals surface area contributed by atoms with Crippen molar-refractivity contribution in [3.8, 4) is 0 Å². The summed E-state index contributed by atoms with van der Waals surface area (Å²) in [5.41, 5.74) is -0.333. The van der Waals surface area contributed by atoms with E-state index in [4.69, 9.17) is 5.11 Å². The third-order valence-corrected chi connectivity index (χ3v) is 1.20. The first-order valence-corrected chi connectivity index (χ1v) is 3.45. The zero-order valence-corrected chi connectivity index (χ0v) is 7.14. The Kier molecular flexibility index (Phi) is 1.83. The van der Waals surface area contributed by atoms with Crippen LogP contribution >= 0.6 is 0 Å². The van der Waals surface area contributed by atoms with E-state index in [9.17, 15) is 4.79 Å². The van der Waals surface area contributed by atoms with Gasteiger partial charge in [0, 0.05) is 0 Å². The first-order valence-electron chi connectivity index (χ1n) is 3.45. The van der Waals surface area contributed by atoms with Gasteiger partial charge in [-0.25, -0.2) is 4.79 Å². The third-order valence-electron chi connectivity index (χ3n) is 1.20. The first kappa shape index (κ1) is 8.63. The molecule has 0 amide bonds. The fourth-order valence-electron chi connectivity index (χ4n) is 0.584. The zero-order chi connectivity index (χ0) is 9.35. The van der Waals surface area contributed by atoms with Gasteiger partial charge in [0.25, 0.3) is 5.82 Å². The van der Waals surface area contributed by atoms with Crippen molar-refractivity contribution in [3.63, 3.8) is 0 Å². The van der Waals surface area contributed by atoms with Crippen molar-refractivity contribution in [2.75, 3.05) is 0 Å². The van der Waals surface area contributed by atoms with E-state index < -0.39 is 5.97 Å². The van der Waals surface area contributed by atoms with Crippen LogP contribution in [-0.2, 0) is 5.54 Å². The maximum atomic E-state index is 10.4. The normalized spacial score (nSPS) is 11.6. The molecule has 12 heavy (non-hydrogen) atoms. The molecule has 1 aromatic rings. The Bertz CT molecular complexity index is 299. The lowest BCUT2D eigenvalue weighted by molar-refractivity contribution is 0.0682. The van der Waals surface area contributed by atoms with Crippen LogP contribution in [0.3, 0.4) is 0 Å². The molecule has 0 aliphatic rings. The molecule has 1 rings (SSSR count). The molecular formula is C6H10N4O2. The van der Waals surface area contributed by atoms with E-state index in [-0.39, 0.29) is 11.4 Å². The van der Waals surface area contributed by atoms with E-state index >= 15 is 0 Å². The number of rotatable bonds is 1. The highest BCUT2D eigenvalue weighted by Crippen LogP contribution is 2.08. The quantitative estimate of drug-likeness (QED) is 0.647. The van der Waals surface area contributed by atoms with Crippen LogP contribution in [0.15, 0.2) is 0 Å². The molecule has 0 atom stereocenters. The summed E-state index contributed by atoms with van der Waals surface area (Å²) in [5, 5.41) is 19.1.